The number of anilines is 2. The van der Waals surface area contributed by atoms with Gasteiger partial charge in [0.05, 0.1) is 11.9 Å². The zero-order chi connectivity index (χ0) is 17.6. The lowest BCUT2D eigenvalue weighted by Gasteiger charge is -2.08. The Hall–Kier alpha value is -3.35. The van der Waals surface area contributed by atoms with Gasteiger partial charge in [0.1, 0.15) is 5.82 Å². The molecule has 5 nitrogen and oxygen atoms in total. The maximum Gasteiger partial charge on any atom is 0.255 e. The van der Waals surface area contributed by atoms with Crippen LogP contribution in [0.2, 0.25) is 0 Å². The molecule has 126 valence electrons. The van der Waals surface area contributed by atoms with E-state index in [1.54, 1.807) is 24.5 Å². The first kappa shape index (κ1) is 16.5. The summed E-state index contributed by atoms with van der Waals surface area (Å²) < 4.78 is 26.1. The molecule has 1 amide bonds. The second-order valence-corrected chi connectivity index (χ2v) is 5.23. The van der Waals surface area contributed by atoms with Crippen molar-refractivity contribution in [3.05, 3.63) is 83.8 Å². The lowest BCUT2D eigenvalue weighted by Crippen LogP contribution is -2.12. The molecular formula is C18H14F2N4O. The monoisotopic (exact) mass is 340 g/mol. The molecule has 0 bridgehead atoms. The fourth-order valence-electron chi connectivity index (χ4n) is 2.11. The first-order valence-electron chi connectivity index (χ1n) is 7.47. The van der Waals surface area contributed by atoms with Gasteiger partial charge in [-0.05, 0) is 42.0 Å². The van der Waals surface area contributed by atoms with E-state index in [0.29, 0.717) is 18.1 Å². The second kappa shape index (κ2) is 7.48. The van der Waals surface area contributed by atoms with E-state index >= 15 is 0 Å². The van der Waals surface area contributed by atoms with Crippen LogP contribution in [0.15, 0.2) is 61.1 Å². The van der Waals surface area contributed by atoms with Crippen LogP contribution >= 0.6 is 0 Å². The normalized spacial score (nSPS) is 10.3. The van der Waals surface area contributed by atoms with Gasteiger partial charge in [0.15, 0.2) is 11.6 Å². The summed E-state index contributed by atoms with van der Waals surface area (Å²) in [6, 6.07) is 10.1. The minimum absolute atomic E-state index is 0.0256. The van der Waals surface area contributed by atoms with E-state index in [0.717, 1.165) is 17.7 Å². The number of halogens is 2. The number of carbonyl (C=O) groups is 1. The van der Waals surface area contributed by atoms with Crippen LogP contribution in [0.4, 0.5) is 20.3 Å². The molecule has 0 aliphatic carbocycles. The summed E-state index contributed by atoms with van der Waals surface area (Å²) in [4.78, 5) is 20.2. The average molecular weight is 340 g/mol. The molecule has 0 atom stereocenters. The molecule has 0 saturated carbocycles. The standard InChI is InChI=1S/C18H14F2N4O/c19-15-5-3-13(8-16(15)20)18(25)24-14-4-6-17(23-11-14)22-10-12-2-1-7-21-9-12/h1-9,11H,10H2,(H,22,23)(H,24,25). The van der Waals surface area contributed by atoms with Crippen LogP contribution in [0, 0.1) is 11.6 Å². The Morgan fingerprint density at radius 1 is 1.04 bits per heavy atom. The number of pyridine rings is 2. The van der Waals surface area contributed by atoms with Gasteiger partial charge in [-0.2, -0.15) is 0 Å². The number of hydrogen-bond acceptors (Lipinski definition) is 4. The van der Waals surface area contributed by atoms with Gasteiger partial charge in [0.25, 0.3) is 5.91 Å². The van der Waals surface area contributed by atoms with Gasteiger partial charge in [-0.1, -0.05) is 6.07 Å². The summed E-state index contributed by atoms with van der Waals surface area (Å²) in [7, 11) is 0. The Bertz CT molecular complexity index is 870. The molecular weight excluding hydrogens is 326 g/mol. The minimum atomic E-state index is -1.07. The predicted octanol–water partition coefficient (Wildman–Crippen LogP) is 3.62. The van der Waals surface area contributed by atoms with Gasteiger partial charge in [0, 0.05) is 24.5 Å². The molecule has 0 aliphatic rings. The summed E-state index contributed by atoms with van der Waals surface area (Å²) in [6.07, 6.45) is 4.93. The maximum atomic E-state index is 13.2. The Morgan fingerprint density at radius 3 is 2.60 bits per heavy atom. The van der Waals surface area contributed by atoms with Crippen molar-refractivity contribution in [2.75, 3.05) is 10.6 Å². The highest BCUT2D eigenvalue weighted by atomic mass is 19.2. The van der Waals surface area contributed by atoms with Crippen molar-refractivity contribution in [1.82, 2.24) is 9.97 Å². The third-order valence-corrected chi connectivity index (χ3v) is 3.40. The Kier molecular flexibility index (Phi) is 4.94. The number of nitrogens with one attached hydrogen (secondary N) is 2. The fraction of sp³-hybridized carbons (Fsp3) is 0.0556. The predicted molar refractivity (Wildman–Crippen MR) is 90.1 cm³/mol. The van der Waals surface area contributed by atoms with Crippen LogP contribution in [0.1, 0.15) is 15.9 Å². The highest BCUT2D eigenvalue weighted by Gasteiger charge is 2.10. The van der Waals surface area contributed by atoms with Crippen molar-refractivity contribution in [3.8, 4) is 0 Å². The van der Waals surface area contributed by atoms with Gasteiger partial charge in [-0.3, -0.25) is 9.78 Å². The summed E-state index contributed by atoms with van der Waals surface area (Å²) >= 11 is 0. The summed E-state index contributed by atoms with van der Waals surface area (Å²) in [5.74, 6) is -1.98. The topological polar surface area (TPSA) is 66.9 Å². The van der Waals surface area contributed by atoms with Crippen LogP contribution in [0.25, 0.3) is 0 Å². The van der Waals surface area contributed by atoms with Crippen LogP contribution in [-0.2, 0) is 6.54 Å². The number of benzene rings is 1. The molecule has 2 N–H and O–H groups in total. The van der Waals surface area contributed by atoms with Crippen LogP contribution in [0.5, 0.6) is 0 Å². The van der Waals surface area contributed by atoms with Gasteiger partial charge in [0.2, 0.25) is 0 Å². The molecule has 0 saturated heterocycles. The Morgan fingerprint density at radius 2 is 1.92 bits per heavy atom. The van der Waals surface area contributed by atoms with Gasteiger partial charge in [-0.15, -0.1) is 0 Å². The van der Waals surface area contributed by atoms with Crippen molar-refractivity contribution >= 4 is 17.4 Å². The van der Waals surface area contributed by atoms with Crippen molar-refractivity contribution in [1.29, 1.82) is 0 Å². The minimum Gasteiger partial charge on any atom is -0.366 e. The van der Waals surface area contributed by atoms with Gasteiger partial charge >= 0.3 is 0 Å². The van der Waals surface area contributed by atoms with Crippen molar-refractivity contribution in [2.24, 2.45) is 0 Å². The number of amides is 1. The third-order valence-electron chi connectivity index (χ3n) is 3.40. The molecule has 7 heteroatoms. The quantitative estimate of drug-likeness (QED) is 0.744. The molecule has 0 spiro atoms. The zero-order valence-corrected chi connectivity index (χ0v) is 13.0. The summed E-state index contributed by atoms with van der Waals surface area (Å²) in [5.41, 5.74) is 1.49. The van der Waals surface area contributed by atoms with Crippen molar-refractivity contribution < 1.29 is 13.6 Å². The molecule has 3 aromatic rings. The SMILES string of the molecule is O=C(Nc1ccc(NCc2cccnc2)nc1)c1ccc(F)c(F)c1. The second-order valence-electron chi connectivity index (χ2n) is 5.23. The fourth-order valence-corrected chi connectivity index (χ4v) is 2.11. The maximum absolute atomic E-state index is 13.2. The van der Waals surface area contributed by atoms with Crippen LogP contribution in [-0.4, -0.2) is 15.9 Å². The molecule has 0 aliphatic heterocycles. The lowest BCUT2D eigenvalue weighted by atomic mass is 10.2. The first-order valence-corrected chi connectivity index (χ1v) is 7.47. The first-order chi connectivity index (χ1) is 12.1. The highest BCUT2D eigenvalue weighted by molar-refractivity contribution is 6.04. The Labute approximate surface area is 142 Å². The van der Waals surface area contributed by atoms with E-state index in [-0.39, 0.29) is 5.56 Å². The highest BCUT2D eigenvalue weighted by Crippen LogP contribution is 2.14. The Balaban J connectivity index is 1.60. The number of hydrogen-bond donors (Lipinski definition) is 2. The zero-order valence-electron chi connectivity index (χ0n) is 13.0. The largest absolute Gasteiger partial charge is 0.366 e. The number of rotatable bonds is 5. The van der Waals surface area contributed by atoms with E-state index in [1.807, 2.05) is 12.1 Å². The third kappa shape index (κ3) is 4.35. The van der Waals surface area contributed by atoms with E-state index < -0.39 is 17.5 Å². The molecule has 0 unspecified atom stereocenters. The average Bonchev–Trinajstić information content (AvgIpc) is 2.64. The molecule has 25 heavy (non-hydrogen) atoms. The number of aromatic nitrogens is 2. The summed E-state index contributed by atoms with van der Waals surface area (Å²) in [5, 5.41) is 5.71. The van der Waals surface area contributed by atoms with Crippen LogP contribution in [0.3, 0.4) is 0 Å². The summed E-state index contributed by atoms with van der Waals surface area (Å²) in [6.45, 7) is 0.571. The molecule has 0 radical (unpaired) electrons. The molecule has 1 aromatic carbocycles. The van der Waals surface area contributed by atoms with E-state index in [9.17, 15) is 13.6 Å². The van der Waals surface area contributed by atoms with Crippen LogP contribution < -0.4 is 10.6 Å². The van der Waals surface area contributed by atoms with E-state index in [2.05, 4.69) is 20.6 Å². The lowest BCUT2D eigenvalue weighted by molar-refractivity contribution is 0.102. The molecule has 2 aromatic heterocycles. The molecule has 3 rings (SSSR count). The van der Waals surface area contributed by atoms with E-state index in [1.165, 1.54) is 12.3 Å². The number of nitrogens with zero attached hydrogens (tertiary/aromatic N) is 2. The number of carbonyl (C=O) groups excluding carboxylic acids is 1. The molecule has 0 fully saturated rings. The van der Waals surface area contributed by atoms with Crippen molar-refractivity contribution in [3.63, 3.8) is 0 Å². The smallest absolute Gasteiger partial charge is 0.255 e. The van der Waals surface area contributed by atoms with Gasteiger partial charge in [-0.25, -0.2) is 13.8 Å². The van der Waals surface area contributed by atoms with E-state index in [4.69, 9.17) is 0 Å². The van der Waals surface area contributed by atoms with Crippen molar-refractivity contribution in [2.45, 2.75) is 6.54 Å². The molecule has 2 heterocycles. The van der Waals surface area contributed by atoms with Gasteiger partial charge < -0.3 is 10.6 Å².